The number of alkyl halides is 3. The second-order valence-electron chi connectivity index (χ2n) is 4.16. The summed E-state index contributed by atoms with van der Waals surface area (Å²) in [5, 5.41) is 12.0. The van der Waals surface area contributed by atoms with Crippen molar-refractivity contribution in [1.29, 1.82) is 0 Å². The highest BCUT2D eigenvalue weighted by Crippen LogP contribution is 2.22. The van der Waals surface area contributed by atoms with Gasteiger partial charge in [-0.15, -0.1) is 0 Å². The summed E-state index contributed by atoms with van der Waals surface area (Å²) < 4.78 is 38.3. The van der Waals surface area contributed by atoms with Crippen LogP contribution in [0.1, 0.15) is 31.4 Å². The van der Waals surface area contributed by atoms with Crippen LogP contribution in [0, 0.1) is 0 Å². The Hall–Kier alpha value is -1.08. The highest BCUT2D eigenvalue weighted by Gasteiger charge is 2.38. The molecule has 104 valence electrons. The van der Waals surface area contributed by atoms with Gasteiger partial charge < -0.3 is 15.0 Å². The number of aryl methyl sites for hydroxylation is 1. The van der Waals surface area contributed by atoms with Crippen molar-refractivity contribution in [2.45, 2.75) is 45.1 Å². The zero-order valence-corrected chi connectivity index (χ0v) is 10.6. The maximum Gasteiger partial charge on any atom is 0.416 e. The lowest BCUT2D eigenvalue weighted by Gasteiger charge is -2.16. The van der Waals surface area contributed by atoms with E-state index in [-0.39, 0.29) is 6.04 Å². The minimum atomic E-state index is -4.61. The molecule has 0 radical (unpaired) electrons. The first kappa shape index (κ1) is 15.0. The number of aliphatic hydroxyl groups is 1. The third kappa shape index (κ3) is 3.46. The molecule has 0 spiro atoms. The van der Waals surface area contributed by atoms with Crippen LogP contribution < -0.4 is 5.32 Å². The van der Waals surface area contributed by atoms with Gasteiger partial charge in [0.25, 0.3) is 0 Å². The zero-order chi connectivity index (χ0) is 13.9. The van der Waals surface area contributed by atoms with Crippen molar-refractivity contribution in [2.75, 3.05) is 7.05 Å². The first-order valence-electron chi connectivity index (χ1n) is 5.77. The van der Waals surface area contributed by atoms with E-state index in [0.29, 0.717) is 17.9 Å². The molecule has 1 aromatic heterocycles. The van der Waals surface area contributed by atoms with E-state index in [1.54, 1.807) is 13.2 Å². The normalized spacial score (nSPS) is 15.7. The van der Waals surface area contributed by atoms with E-state index in [4.69, 9.17) is 5.11 Å². The highest BCUT2D eigenvalue weighted by atomic mass is 19.4. The van der Waals surface area contributed by atoms with Gasteiger partial charge in [-0.1, -0.05) is 6.92 Å². The summed E-state index contributed by atoms with van der Waals surface area (Å²) in [4.78, 5) is 4.26. The number of aromatic nitrogens is 2. The van der Waals surface area contributed by atoms with E-state index in [1.807, 2.05) is 13.8 Å². The summed E-state index contributed by atoms with van der Waals surface area (Å²) in [6, 6.07) is -0.0421. The Morgan fingerprint density at radius 1 is 1.50 bits per heavy atom. The van der Waals surface area contributed by atoms with Gasteiger partial charge in [0, 0.05) is 18.7 Å². The van der Waals surface area contributed by atoms with E-state index in [1.165, 1.54) is 4.57 Å². The van der Waals surface area contributed by atoms with Crippen LogP contribution >= 0.6 is 0 Å². The molecule has 2 unspecified atom stereocenters. The third-order valence-corrected chi connectivity index (χ3v) is 2.82. The van der Waals surface area contributed by atoms with Gasteiger partial charge in [0.2, 0.25) is 0 Å². The van der Waals surface area contributed by atoms with Crippen molar-refractivity contribution in [2.24, 2.45) is 0 Å². The number of rotatable bonds is 5. The summed E-state index contributed by atoms with van der Waals surface area (Å²) in [6.45, 7) is 3.16. The van der Waals surface area contributed by atoms with Crippen molar-refractivity contribution in [3.05, 3.63) is 17.7 Å². The molecule has 0 amide bonds. The number of imidazole rings is 1. The second kappa shape index (κ2) is 5.71. The fourth-order valence-corrected chi connectivity index (χ4v) is 1.56. The molecule has 0 aliphatic heterocycles. The smallest absolute Gasteiger partial charge is 0.382 e. The maximum atomic E-state index is 12.3. The number of aliphatic hydroxyl groups excluding tert-OH is 1. The van der Waals surface area contributed by atoms with E-state index < -0.39 is 18.8 Å². The summed E-state index contributed by atoms with van der Waals surface area (Å²) >= 11 is 0. The largest absolute Gasteiger partial charge is 0.416 e. The van der Waals surface area contributed by atoms with E-state index in [0.717, 1.165) is 0 Å². The molecular formula is C11H18F3N3O. The third-order valence-electron chi connectivity index (χ3n) is 2.82. The van der Waals surface area contributed by atoms with E-state index >= 15 is 0 Å². The number of halogens is 3. The van der Waals surface area contributed by atoms with Crippen LogP contribution in [0.3, 0.4) is 0 Å². The molecule has 2 N–H and O–H groups in total. The van der Waals surface area contributed by atoms with E-state index in [9.17, 15) is 13.2 Å². The van der Waals surface area contributed by atoms with Gasteiger partial charge in [0.05, 0.1) is 12.2 Å². The molecule has 1 heterocycles. The number of hydrogen-bond donors (Lipinski definition) is 2. The molecular weight excluding hydrogens is 247 g/mol. The van der Waals surface area contributed by atoms with Crippen molar-refractivity contribution >= 4 is 0 Å². The van der Waals surface area contributed by atoms with Crippen molar-refractivity contribution < 1.29 is 18.3 Å². The lowest BCUT2D eigenvalue weighted by Crippen LogP contribution is -2.33. The Bertz CT molecular complexity index is 389. The quantitative estimate of drug-likeness (QED) is 0.851. The SMILES string of the molecule is CCc1nc(C(C)NC)cn1CC(O)C(F)(F)F. The maximum absolute atomic E-state index is 12.3. The molecule has 7 heteroatoms. The van der Waals surface area contributed by atoms with E-state index in [2.05, 4.69) is 10.3 Å². The number of hydrogen-bond acceptors (Lipinski definition) is 3. The molecule has 0 bridgehead atoms. The van der Waals surface area contributed by atoms with Crippen molar-refractivity contribution in [3.63, 3.8) is 0 Å². The Labute approximate surface area is 104 Å². The lowest BCUT2D eigenvalue weighted by atomic mass is 10.2. The predicted octanol–water partition coefficient (Wildman–Crippen LogP) is 1.65. The average Bonchev–Trinajstić information content (AvgIpc) is 2.69. The zero-order valence-electron chi connectivity index (χ0n) is 10.6. The monoisotopic (exact) mass is 265 g/mol. The van der Waals surface area contributed by atoms with Gasteiger partial charge >= 0.3 is 6.18 Å². The van der Waals surface area contributed by atoms with Crippen LogP contribution in [0.5, 0.6) is 0 Å². The minimum absolute atomic E-state index is 0.0421. The Kier molecular flexibility index (Phi) is 4.75. The minimum Gasteiger partial charge on any atom is -0.382 e. The molecule has 1 aromatic rings. The molecule has 4 nitrogen and oxygen atoms in total. The molecule has 0 saturated carbocycles. The van der Waals surface area contributed by atoms with Crippen molar-refractivity contribution in [1.82, 2.24) is 14.9 Å². The number of nitrogens with zero attached hydrogens (tertiary/aromatic N) is 2. The van der Waals surface area contributed by atoms with Crippen LogP contribution in [-0.4, -0.2) is 34.0 Å². The van der Waals surface area contributed by atoms with Crippen LogP contribution in [0.2, 0.25) is 0 Å². The molecule has 0 aliphatic rings. The first-order valence-corrected chi connectivity index (χ1v) is 5.77. The fourth-order valence-electron chi connectivity index (χ4n) is 1.56. The van der Waals surface area contributed by atoms with Gasteiger partial charge in [-0.25, -0.2) is 4.98 Å². The van der Waals surface area contributed by atoms with Crippen molar-refractivity contribution in [3.8, 4) is 0 Å². The fraction of sp³-hybridized carbons (Fsp3) is 0.727. The Morgan fingerprint density at radius 2 is 2.11 bits per heavy atom. The van der Waals surface area contributed by atoms with Gasteiger partial charge in [0.1, 0.15) is 5.82 Å². The number of nitrogens with one attached hydrogen (secondary N) is 1. The Morgan fingerprint density at radius 3 is 2.56 bits per heavy atom. The van der Waals surface area contributed by atoms with Gasteiger partial charge in [-0.2, -0.15) is 13.2 Å². The molecule has 0 aromatic carbocycles. The average molecular weight is 265 g/mol. The van der Waals surface area contributed by atoms with Gasteiger partial charge in [0.15, 0.2) is 6.10 Å². The Balaban J connectivity index is 2.91. The molecule has 0 fully saturated rings. The van der Waals surface area contributed by atoms with Crippen LogP contribution in [0.15, 0.2) is 6.20 Å². The lowest BCUT2D eigenvalue weighted by molar-refractivity contribution is -0.207. The summed E-state index contributed by atoms with van der Waals surface area (Å²) in [7, 11) is 1.75. The predicted molar refractivity (Wildman–Crippen MR) is 61.1 cm³/mol. The summed E-state index contributed by atoms with van der Waals surface area (Å²) in [5.41, 5.74) is 0.670. The van der Waals surface area contributed by atoms with Gasteiger partial charge in [-0.3, -0.25) is 0 Å². The summed E-state index contributed by atoms with van der Waals surface area (Å²) in [5.74, 6) is 0.537. The topological polar surface area (TPSA) is 50.1 Å². The second-order valence-corrected chi connectivity index (χ2v) is 4.16. The highest BCUT2D eigenvalue weighted by molar-refractivity contribution is 5.08. The van der Waals surface area contributed by atoms with Crippen LogP contribution in [-0.2, 0) is 13.0 Å². The molecule has 1 rings (SSSR count). The van der Waals surface area contributed by atoms with Crippen LogP contribution in [0.4, 0.5) is 13.2 Å². The van der Waals surface area contributed by atoms with Crippen LogP contribution in [0.25, 0.3) is 0 Å². The standard InChI is InChI=1S/C11H18F3N3O/c1-4-10-16-8(7(2)15-3)5-17(10)6-9(18)11(12,13)14/h5,7,9,15,18H,4,6H2,1-3H3. The molecule has 0 saturated heterocycles. The van der Waals surface area contributed by atoms with Gasteiger partial charge in [-0.05, 0) is 14.0 Å². The summed E-state index contributed by atoms with van der Waals surface area (Å²) in [6.07, 6.45) is -4.91. The first-order chi connectivity index (χ1) is 8.29. The molecule has 2 atom stereocenters. The molecule has 0 aliphatic carbocycles. The molecule has 18 heavy (non-hydrogen) atoms.